The van der Waals surface area contributed by atoms with E-state index in [0.29, 0.717) is 25.5 Å². The van der Waals surface area contributed by atoms with Crippen molar-refractivity contribution < 1.29 is 17.9 Å². The molecule has 1 saturated heterocycles. The van der Waals surface area contributed by atoms with Gasteiger partial charge in [0.2, 0.25) is 10.0 Å². The summed E-state index contributed by atoms with van der Waals surface area (Å²) in [7, 11) is -3.54. The van der Waals surface area contributed by atoms with Crippen LogP contribution in [0.4, 0.5) is 0 Å². The average molecular weight is 313 g/mol. The molecule has 21 heavy (non-hydrogen) atoms. The van der Waals surface area contributed by atoms with Crippen LogP contribution in [0.2, 0.25) is 0 Å². The molecule has 5 nitrogen and oxygen atoms in total. The van der Waals surface area contributed by atoms with E-state index >= 15 is 0 Å². The van der Waals surface area contributed by atoms with Gasteiger partial charge in [0, 0.05) is 6.54 Å². The zero-order valence-corrected chi connectivity index (χ0v) is 13.8. The van der Waals surface area contributed by atoms with Gasteiger partial charge in [0.1, 0.15) is 5.75 Å². The van der Waals surface area contributed by atoms with Gasteiger partial charge < -0.3 is 9.47 Å². The second-order valence-corrected chi connectivity index (χ2v) is 7.74. The van der Waals surface area contributed by atoms with Crippen molar-refractivity contribution in [3.8, 4) is 5.75 Å². The third kappa shape index (κ3) is 3.39. The topological polar surface area (TPSA) is 55.8 Å². The van der Waals surface area contributed by atoms with Gasteiger partial charge in [-0.25, -0.2) is 8.42 Å². The molecular weight excluding hydrogens is 290 g/mol. The molecule has 0 radical (unpaired) electrons. The van der Waals surface area contributed by atoms with Crippen molar-refractivity contribution in [1.29, 1.82) is 0 Å². The van der Waals surface area contributed by atoms with E-state index in [2.05, 4.69) is 0 Å². The molecule has 1 atom stereocenters. The lowest BCUT2D eigenvalue weighted by Gasteiger charge is -2.43. The van der Waals surface area contributed by atoms with Gasteiger partial charge in [-0.3, -0.25) is 0 Å². The first kappa shape index (κ1) is 16.3. The Balaban J connectivity index is 2.31. The highest BCUT2D eigenvalue weighted by atomic mass is 32.2. The molecule has 2 rings (SSSR count). The number of morpholine rings is 1. The van der Waals surface area contributed by atoms with Gasteiger partial charge in [0.05, 0.1) is 29.8 Å². The molecular formula is C15H23NO4S. The summed E-state index contributed by atoms with van der Waals surface area (Å²) in [6.07, 6.45) is -0.101. The van der Waals surface area contributed by atoms with Gasteiger partial charge in [-0.15, -0.1) is 0 Å². The molecule has 1 aliphatic rings. The Morgan fingerprint density at radius 3 is 2.52 bits per heavy atom. The molecule has 0 spiro atoms. The van der Waals surface area contributed by atoms with Crippen LogP contribution in [0, 0.1) is 0 Å². The van der Waals surface area contributed by atoms with E-state index in [1.165, 1.54) is 4.31 Å². The van der Waals surface area contributed by atoms with E-state index < -0.39 is 15.6 Å². The van der Waals surface area contributed by atoms with Crippen LogP contribution < -0.4 is 4.74 Å². The van der Waals surface area contributed by atoms with Gasteiger partial charge in [-0.05, 0) is 52.0 Å². The minimum Gasteiger partial charge on any atom is -0.494 e. The SMILES string of the molecule is CCOc1ccc(S(=O)(=O)N2CC(C)OCC2(C)C)cc1. The third-order valence-corrected chi connectivity index (χ3v) is 5.63. The van der Waals surface area contributed by atoms with Crippen molar-refractivity contribution >= 4 is 10.0 Å². The van der Waals surface area contributed by atoms with Gasteiger partial charge in [-0.2, -0.15) is 4.31 Å². The van der Waals surface area contributed by atoms with Gasteiger partial charge in [0.25, 0.3) is 0 Å². The quantitative estimate of drug-likeness (QED) is 0.855. The van der Waals surface area contributed by atoms with Crippen LogP contribution in [0.3, 0.4) is 0 Å². The van der Waals surface area contributed by atoms with Crippen molar-refractivity contribution in [3.05, 3.63) is 24.3 Å². The van der Waals surface area contributed by atoms with Crippen molar-refractivity contribution in [2.75, 3.05) is 19.8 Å². The molecule has 1 aromatic rings. The van der Waals surface area contributed by atoms with E-state index in [1.807, 2.05) is 27.7 Å². The fourth-order valence-electron chi connectivity index (χ4n) is 2.38. The van der Waals surface area contributed by atoms with Crippen molar-refractivity contribution in [1.82, 2.24) is 4.31 Å². The van der Waals surface area contributed by atoms with E-state index in [0.717, 1.165) is 0 Å². The third-order valence-electron chi connectivity index (χ3n) is 3.54. The lowest BCUT2D eigenvalue weighted by Crippen LogP contribution is -2.57. The Hall–Kier alpha value is -1.11. The molecule has 0 amide bonds. The largest absolute Gasteiger partial charge is 0.494 e. The highest BCUT2D eigenvalue weighted by molar-refractivity contribution is 7.89. The highest BCUT2D eigenvalue weighted by Gasteiger charge is 2.41. The van der Waals surface area contributed by atoms with E-state index in [-0.39, 0.29) is 11.0 Å². The minimum absolute atomic E-state index is 0.101. The number of ether oxygens (including phenoxy) is 2. The van der Waals surface area contributed by atoms with Crippen LogP contribution in [0.1, 0.15) is 27.7 Å². The fraction of sp³-hybridized carbons (Fsp3) is 0.600. The average Bonchev–Trinajstić information content (AvgIpc) is 2.42. The Bertz CT molecular complexity index is 580. The van der Waals surface area contributed by atoms with Crippen LogP contribution in [0.15, 0.2) is 29.2 Å². The molecule has 1 aromatic carbocycles. The molecule has 118 valence electrons. The fourth-order valence-corrected chi connectivity index (χ4v) is 4.22. The van der Waals surface area contributed by atoms with Crippen molar-refractivity contribution in [3.63, 3.8) is 0 Å². The summed E-state index contributed by atoms with van der Waals surface area (Å²) >= 11 is 0. The second-order valence-electron chi connectivity index (χ2n) is 5.87. The Labute approximate surface area is 126 Å². The Kier molecular flexibility index (Phi) is 4.60. The number of rotatable bonds is 4. The zero-order chi connectivity index (χ0) is 15.7. The number of hydrogen-bond donors (Lipinski definition) is 0. The smallest absolute Gasteiger partial charge is 0.243 e. The van der Waals surface area contributed by atoms with E-state index in [4.69, 9.17) is 9.47 Å². The van der Waals surface area contributed by atoms with Crippen molar-refractivity contribution in [2.24, 2.45) is 0 Å². The molecule has 0 aromatic heterocycles. The Morgan fingerprint density at radius 1 is 1.33 bits per heavy atom. The first-order valence-electron chi connectivity index (χ1n) is 7.14. The van der Waals surface area contributed by atoms with Gasteiger partial charge in [0.15, 0.2) is 0 Å². The maximum Gasteiger partial charge on any atom is 0.243 e. The summed E-state index contributed by atoms with van der Waals surface area (Å²) in [5.74, 6) is 0.672. The van der Waals surface area contributed by atoms with Crippen molar-refractivity contribution in [2.45, 2.75) is 44.2 Å². The molecule has 1 fully saturated rings. The van der Waals surface area contributed by atoms with Crippen LogP contribution in [-0.4, -0.2) is 44.1 Å². The molecule has 1 unspecified atom stereocenters. The summed E-state index contributed by atoms with van der Waals surface area (Å²) in [6.45, 7) is 8.85. The summed E-state index contributed by atoms with van der Waals surface area (Å²) in [5, 5.41) is 0. The van der Waals surface area contributed by atoms with Gasteiger partial charge in [-0.1, -0.05) is 0 Å². The second kappa shape index (κ2) is 5.94. The van der Waals surface area contributed by atoms with Crippen LogP contribution in [0.5, 0.6) is 5.75 Å². The predicted octanol–water partition coefficient (Wildman–Crippen LogP) is 2.27. The molecule has 0 saturated carbocycles. The normalized spacial score (nSPS) is 23.0. The van der Waals surface area contributed by atoms with E-state index in [1.54, 1.807) is 24.3 Å². The number of sulfonamides is 1. The van der Waals surface area contributed by atoms with Crippen LogP contribution >= 0.6 is 0 Å². The monoisotopic (exact) mass is 313 g/mol. The first-order chi connectivity index (χ1) is 9.77. The maximum absolute atomic E-state index is 12.8. The number of nitrogens with zero attached hydrogens (tertiary/aromatic N) is 1. The first-order valence-corrected chi connectivity index (χ1v) is 8.58. The number of hydrogen-bond acceptors (Lipinski definition) is 4. The summed E-state index contributed by atoms with van der Waals surface area (Å²) < 4.78 is 38.2. The lowest BCUT2D eigenvalue weighted by molar-refractivity contribution is -0.0551. The van der Waals surface area contributed by atoms with Gasteiger partial charge >= 0.3 is 0 Å². The maximum atomic E-state index is 12.8. The van der Waals surface area contributed by atoms with Crippen LogP contribution in [0.25, 0.3) is 0 Å². The minimum atomic E-state index is -3.54. The highest BCUT2D eigenvalue weighted by Crippen LogP contribution is 2.29. The van der Waals surface area contributed by atoms with E-state index in [9.17, 15) is 8.42 Å². The molecule has 0 N–H and O–H groups in total. The summed E-state index contributed by atoms with van der Waals surface area (Å²) in [4.78, 5) is 0.285. The standard InChI is InChI=1S/C15H23NO4S/c1-5-19-13-6-8-14(9-7-13)21(17,18)16-10-12(2)20-11-15(16,3)4/h6-9,12H,5,10-11H2,1-4H3. The zero-order valence-electron chi connectivity index (χ0n) is 13.0. The lowest BCUT2D eigenvalue weighted by atomic mass is 10.1. The summed E-state index contributed by atoms with van der Waals surface area (Å²) in [5.41, 5.74) is -0.552. The molecule has 1 heterocycles. The Morgan fingerprint density at radius 2 is 1.95 bits per heavy atom. The summed E-state index contributed by atoms with van der Waals surface area (Å²) in [6, 6.07) is 6.56. The van der Waals surface area contributed by atoms with Crippen LogP contribution in [-0.2, 0) is 14.8 Å². The molecule has 0 aliphatic carbocycles. The predicted molar refractivity (Wildman–Crippen MR) is 81.0 cm³/mol. The molecule has 1 aliphatic heterocycles. The number of benzene rings is 1. The molecule has 6 heteroatoms. The molecule has 0 bridgehead atoms.